The highest BCUT2D eigenvalue weighted by Gasteiger charge is 2.43. The summed E-state index contributed by atoms with van der Waals surface area (Å²) in [6.45, 7) is 4.63. The lowest BCUT2D eigenvalue weighted by molar-refractivity contribution is -0.138. The molecular formula is C43H39N9O7. The van der Waals surface area contributed by atoms with Crippen molar-refractivity contribution >= 4 is 45.5 Å². The molecule has 0 aliphatic carbocycles. The van der Waals surface area contributed by atoms with Gasteiger partial charge < -0.3 is 30.5 Å². The molecule has 2 aliphatic heterocycles. The number of hydrogen-bond donors (Lipinski definition) is 3. The van der Waals surface area contributed by atoms with Gasteiger partial charge in [0.1, 0.15) is 0 Å². The maximum atomic E-state index is 12.2. The van der Waals surface area contributed by atoms with E-state index >= 15 is 0 Å². The van der Waals surface area contributed by atoms with E-state index in [1.54, 1.807) is 72.3 Å². The summed E-state index contributed by atoms with van der Waals surface area (Å²) in [5.41, 5.74) is 7.97. The third-order valence-corrected chi connectivity index (χ3v) is 10.0. The molecule has 2 aliphatic rings. The highest BCUT2D eigenvalue weighted by molar-refractivity contribution is 6.04. The SMILES string of the molecule is COC(=O)c1nn(-c2cccc(C#C[C@]3(O)CCN(C)C3=O)c2)c2cc(C)ncc12.Cc1cc2c(cn1)c(C(N)=O)nn2-c1cccc(C#C[C@]2(O)CCN(C)C2=O)c1. The van der Waals surface area contributed by atoms with Crippen molar-refractivity contribution in [2.75, 3.05) is 34.3 Å². The van der Waals surface area contributed by atoms with Crippen LogP contribution in [0.5, 0.6) is 0 Å². The number of fused-ring (bicyclic) bond motifs is 2. The standard InChI is InChI=1S/C22H20N4O4.C21H19N5O3/c1-14-11-18-17(13-23-14)19(20(27)30-3)24-26(18)16-6-4-5-15(12-16)7-8-22(29)9-10-25(2)21(22)28;1-13-10-17-16(12-23-13)18(19(22)27)24-26(17)15-5-3-4-14(11-15)6-7-21(29)8-9-25(2)20(21)28/h4-6,11-13,29H,9-10H2,1-3H3;3-5,10-12,29H,8-9H2,1-2H3,(H2,22,27)/t22-;21-/m00/s1. The lowest BCUT2D eigenvalue weighted by Crippen LogP contribution is -2.37. The van der Waals surface area contributed by atoms with Crippen LogP contribution in [0.3, 0.4) is 0 Å². The number of esters is 1. The topological polar surface area (TPSA) is 212 Å². The maximum Gasteiger partial charge on any atom is 0.359 e. The smallest absolute Gasteiger partial charge is 0.359 e. The number of nitrogens with zero attached hydrogens (tertiary/aromatic N) is 8. The highest BCUT2D eigenvalue weighted by atomic mass is 16.5. The largest absolute Gasteiger partial charge is 0.464 e. The van der Waals surface area contributed by atoms with Gasteiger partial charge in [0.05, 0.1) is 40.3 Å². The van der Waals surface area contributed by atoms with E-state index in [2.05, 4.69) is 43.8 Å². The van der Waals surface area contributed by atoms with E-state index in [0.29, 0.717) is 57.4 Å². The Morgan fingerprint density at radius 2 is 1.17 bits per heavy atom. The Balaban J connectivity index is 0.000000179. The van der Waals surface area contributed by atoms with Crippen molar-refractivity contribution in [3.05, 3.63) is 107 Å². The number of hydrogen-bond acceptors (Lipinski definition) is 11. The van der Waals surface area contributed by atoms with Gasteiger partial charge in [-0.05, 0) is 62.4 Å². The fourth-order valence-corrected chi connectivity index (χ4v) is 6.77. The second-order valence-corrected chi connectivity index (χ2v) is 14.3. The number of amides is 3. The van der Waals surface area contributed by atoms with Crippen LogP contribution in [0.15, 0.2) is 73.1 Å². The Morgan fingerprint density at radius 3 is 1.58 bits per heavy atom. The summed E-state index contributed by atoms with van der Waals surface area (Å²) in [7, 11) is 4.58. The molecule has 16 nitrogen and oxygen atoms in total. The number of pyridine rings is 2. The Bertz CT molecular complexity index is 2840. The molecule has 6 aromatic rings. The van der Waals surface area contributed by atoms with Gasteiger partial charge in [-0.2, -0.15) is 10.2 Å². The minimum absolute atomic E-state index is 0.137. The molecule has 0 bridgehead atoms. The number of methoxy groups -OCH3 is 1. The molecule has 6 heterocycles. The molecule has 0 unspecified atom stereocenters. The molecule has 2 atom stereocenters. The first-order valence-corrected chi connectivity index (χ1v) is 18.4. The number of nitrogens with two attached hydrogens (primary N) is 1. The van der Waals surface area contributed by atoms with Gasteiger partial charge in [-0.15, -0.1) is 0 Å². The molecule has 298 valence electrons. The van der Waals surface area contributed by atoms with Crippen molar-refractivity contribution in [3.63, 3.8) is 0 Å². The predicted octanol–water partition coefficient (Wildman–Crippen LogP) is 2.23. The van der Waals surface area contributed by atoms with Crippen LogP contribution in [-0.2, 0) is 14.3 Å². The van der Waals surface area contributed by atoms with Crippen LogP contribution in [0.4, 0.5) is 0 Å². The van der Waals surface area contributed by atoms with Crippen LogP contribution in [0, 0.1) is 37.5 Å². The predicted molar refractivity (Wildman–Crippen MR) is 215 cm³/mol. The second-order valence-electron chi connectivity index (χ2n) is 14.3. The molecule has 0 spiro atoms. The second kappa shape index (κ2) is 15.5. The zero-order chi connectivity index (χ0) is 42.2. The zero-order valence-corrected chi connectivity index (χ0v) is 32.8. The number of likely N-dealkylation sites (N-methyl/N-ethyl adjacent to an activating group) is 2. The summed E-state index contributed by atoms with van der Waals surface area (Å²) in [5.74, 6) is 9.22. The Kier molecular flexibility index (Phi) is 10.5. The summed E-state index contributed by atoms with van der Waals surface area (Å²) < 4.78 is 8.08. The number of primary amides is 1. The van der Waals surface area contributed by atoms with Gasteiger partial charge in [0.2, 0.25) is 11.2 Å². The van der Waals surface area contributed by atoms with Crippen LogP contribution in [0.25, 0.3) is 33.2 Å². The number of benzene rings is 2. The van der Waals surface area contributed by atoms with Gasteiger partial charge in [-0.3, -0.25) is 24.4 Å². The van der Waals surface area contributed by atoms with Crippen LogP contribution in [0.2, 0.25) is 0 Å². The summed E-state index contributed by atoms with van der Waals surface area (Å²) in [5, 5.41) is 30.9. The Labute approximate surface area is 338 Å². The lowest BCUT2D eigenvalue weighted by Gasteiger charge is -2.13. The molecule has 3 amide bonds. The molecule has 2 aromatic carbocycles. The van der Waals surface area contributed by atoms with Gasteiger partial charge >= 0.3 is 5.97 Å². The molecule has 0 radical (unpaired) electrons. The molecule has 2 fully saturated rings. The first-order chi connectivity index (χ1) is 28.1. The third kappa shape index (κ3) is 7.70. The molecule has 2 saturated heterocycles. The van der Waals surface area contributed by atoms with E-state index in [9.17, 15) is 29.4 Å². The van der Waals surface area contributed by atoms with Crippen LogP contribution >= 0.6 is 0 Å². The molecule has 0 saturated carbocycles. The summed E-state index contributed by atoms with van der Waals surface area (Å²) in [6, 6.07) is 18.0. The fourth-order valence-electron chi connectivity index (χ4n) is 6.77. The maximum absolute atomic E-state index is 12.2. The molecule has 4 N–H and O–H groups in total. The number of aromatic nitrogens is 6. The van der Waals surface area contributed by atoms with Crippen molar-refractivity contribution in [2.45, 2.75) is 37.9 Å². The fraction of sp³-hybridized carbons (Fsp3) is 0.256. The number of aryl methyl sites for hydroxylation is 2. The normalized spacial score (nSPS) is 18.6. The number of rotatable bonds is 4. The molecule has 16 heteroatoms. The van der Waals surface area contributed by atoms with Crippen molar-refractivity contribution in [1.29, 1.82) is 0 Å². The number of carbonyl (C=O) groups is 4. The van der Waals surface area contributed by atoms with Crippen LogP contribution in [0.1, 0.15) is 56.3 Å². The monoisotopic (exact) mass is 793 g/mol. The van der Waals surface area contributed by atoms with Gasteiger partial charge in [0, 0.05) is 74.9 Å². The zero-order valence-electron chi connectivity index (χ0n) is 32.8. The average Bonchev–Trinajstić information content (AvgIpc) is 3.95. The van der Waals surface area contributed by atoms with E-state index in [1.807, 2.05) is 38.1 Å². The average molecular weight is 794 g/mol. The van der Waals surface area contributed by atoms with Crippen molar-refractivity contribution in [3.8, 4) is 35.1 Å². The van der Waals surface area contributed by atoms with Crippen molar-refractivity contribution in [1.82, 2.24) is 39.3 Å². The number of ether oxygens (including phenoxy) is 1. The van der Waals surface area contributed by atoms with Gasteiger partial charge in [0.25, 0.3) is 17.7 Å². The van der Waals surface area contributed by atoms with Gasteiger partial charge in [-0.1, -0.05) is 35.8 Å². The van der Waals surface area contributed by atoms with E-state index < -0.39 is 34.9 Å². The van der Waals surface area contributed by atoms with Crippen molar-refractivity contribution in [2.24, 2.45) is 5.73 Å². The molecule has 4 aromatic heterocycles. The van der Waals surface area contributed by atoms with E-state index in [4.69, 9.17) is 10.5 Å². The minimum atomic E-state index is -1.66. The molecule has 8 rings (SSSR count). The Hall–Kier alpha value is -7.40. The number of carbonyl (C=O) groups excluding carboxylic acids is 4. The number of aliphatic hydroxyl groups is 2. The van der Waals surface area contributed by atoms with Crippen molar-refractivity contribution < 1.29 is 34.1 Å². The quantitative estimate of drug-likeness (QED) is 0.174. The van der Waals surface area contributed by atoms with E-state index in [-0.39, 0.29) is 24.2 Å². The first kappa shape index (κ1) is 39.8. The molecule has 59 heavy (non-hydrogen) atoms. The minimum Gasteiger partial charge on any atom is -0.464 e. The van der Waals surface area contributed by atoms with E-state index in [0.717, 1.165) is 11.4 Å². The van der Waals surface area contributed by atoms with Crippen LogP contribution < -0.4 is 5.73 Å². The van der Waals surface area contributed by atoms with Gasteiger partial charge in [0.15, 0.2) is 11.4 Å². The number of likely N-dealkylation sites (tertiary alicyclic amines) is 2. The van der Waals surface area contributed by atoms with E-state index in [1.165, 1.54) is 16.9 Å². The Morgan fingerprint density at radius 1 is 0.729 bits per heavy atom. The first-order valence-electron chi connectivity index (χ1n) is 18.4. The molecular weight excluding hydrogens is 755 g/mol. The highest BCUT2D eigenvalue weighted by Crippen LogP contribution is 2.26. The summed E-state index contributed by atoms with van der Waals surface area (Å²) in [4.78, 5) is 59.6. The lowest BCUT2D eigenvalue weighted by atomic mass is 10.0. The van der Waals surface area contributed by atoms with Gasteiger partial charge in [-0.25, -0.2) is 14.2 Å². The third-order valence-electron chi connectivity index (χ3n) is 10.0. The van der Waals surface area contributed by atoms with Crippen LogP contribution in [-0.4, -0.2) is 119 Å². The summed E-state index contributed by atoms with van der Waals surface area (Å²) in [6.07, 6.45) is 3.72. The summed E-state index contributed by atoms with van der Waals surface area (Å²) >= 11 is 0.